The van der Waals surface area contributed by atoms with E-state index in [1.54, 1.807) is 0 Å². The number of hydrogen-bond acceptors (Lipinski definition) is 6. The highest BCUT2D eigenvalue weighted by atomic mass is 32.1. The number of thiol groups is 1. The molecule has 0 saturated heterocycles. The quantitative estimate of drug-likeness (QED) is 0.248. The number of rotatable bonds is 11. The second-order valence-electron chi connectivity index (χ2n) is 5.88. The van der Waals surface area contributed by atoms with Gasteiger partial charge in [-0.1, -0.05) is 13.8 Å². The third-order valence-electron chi connectivity index (χ3n) is 3.17. The van der Waals surface area contributed by atoms with Crippen molar-refractivity contribution in [1.29, 1.82) is 0 Å². The van der Waals surface area contributed by atoms with Gasteiger partial charge in [0.05, 0.1) is 6.04 Å². The van der Waals surface area contributed by atoms with Crippen molar-refractivity contribution >= 4 is 36.3 Å². The molecule has 0 spiro atoms. The molecular formula is C14H26N4O5S. The Balaban J connectivity index is 4.73. The third-order valence-corrected chi connectivity index (χ3v) is 3.54. The molecule has 0 saturated carbocycles. The van der Waals surface area contributed by atoms with Crippen LogP contribution in [0.3, 0.4) is 0 Å². The van der Waals surface area contributed by atoms with Crippen molar-refractivity contribution in [2.24, 2.45) is 17.4 Å². The first-order valence-corrected chi connectivity index (χ1v) is 8.20. The predicted molar refractivity (Wildman–Crippen MR) is 91.2 cm³/mol. The van der Waals surface area contributed by atoms with Crippen molar-refractivity contribution in [2.75, 3.05) is 5.75 Å². The second-order valence-corrected chi connectivity index (χ2v) is 6.25. The second kappa shape index (κ2) is 10.9. The highest BCUT2D eigenvalue weighted by Gasteiger charge is 2.27. The summed E-state index contributed by atoms with van der Waals surface area (Å²) in [4.78, 5) is 45.9. The van der Waals surface area contributed by atoms with Gasteiger partial charge in [0, 0.05) is 12.2 Å². The molecule has 0 aliphatic carbocycles. The summed E-state index contributed by atoms with van der Waals surface area (Å²) in [5.41, 5.74) is 10.7. The Hall–Kier alpha value is -1.81. The van der Waals surface area contributed by atoms with Crippen LogP contribution in [0.15, 0.2) is 0 Å². The molecule has 9 nitrogen and oxygen atoms in total. The van der Waals surface area contributed by atoms with Crippen molar-refractivity contribution in [3.8, 4) is 0 Å². The molecule has 10 heteroatoms. The van der Waals surface area contributed by atoms with Gasteiger partial charge >= 0.3 is 5.97 Å². The van der Waals surface area contributed by atoms with E-state index in [1.807, 2.05) is 13.8 Å². The van der Waals surface area contributed by atoms with Crippen LogP contribution in [0.1, 0.15) is 33.1 Å². The Morgan fingerprint density at radius 2 is 1.62 bits per heavy atom. The van der Waals surface area contributed by atoms with Crippen molar-refractivity contribution in [3.63, 3.8) is 0 Å². The number of aliphatic carboxylic acids is 1. The standard InChI is InChI=1S/C14H26N4O5S/c1-7(2)5-8(15)12(20)18-10(6-24)13(21)17-9(14(22)23)3-4-11(16)19/h7-10,24H,3-6,15H2,1-2H3,(H2,16,19)(H,17,21)(H,18,20)(H,22,23). The first kappa shape index (κ1) is 22.2. The zero-order valence-corrected chi connectivity index (χ0v) is 14.7. The van der Waals surface area contributed by atoms with Gasteiger partial charge in [0.15, 0.2) is 0 Å². The summed E-state index contributed by atoms with van der Waals surface area (Å²) < 4.78 is 0. The minimum atomic E-state index is -1.30. The van der Waals surface area contributed by atoms with Crippen molar-refractivity contribution in [3.05, 3.63) is 0 Å². The Morgan fingerprint density at radius 3 is 2.04 bits per heavy atom. The summed E-state index contributed by atoms with van der Waals surface area (Å²) in [5.74, 6) is -3.03. The van der Waals surface area contributed by atoms with Gasteiger partial charge < -0.3 is 27.2 Å². The lowest BCUT2D eigenvalue weighted by Crippen LogP contribution is -2.55. The first-order valence-electron chi connectivity index (χ1n) is 7.56. The molecule has 0 rings (SSSR count). The Bertz CT molecular complexity index is 472. The molecule has 138 valence electrons. The molecule has 0 aromatic carbocycles. The fourth-order valence-electron chi connectivity index (χ4n) is 1.90. The van der Waals surface area contributed by atoms with E-state index in [2.05, 4.69) is 23.3 Å². The predicted octanol–water partition coefficient (Wildman–Crippen LogP) is -1.39. The lowest BCUT2D eigenvalue weighted by molar-refractivity contribution is -0.142. The summed E-state index contributed by atoms with van der Waals surface area (Å²) in [6.07, 6.45) is 0.119. The number of amides is 3. The molecule has 3 unspecified atom stereocenters. The monoisotopic (exact) mass is 362 g/mol. The Morgan fingerprint density at radius 1 is 1.08 bits per heavy atom. The average molecular weight is 362 g/mol. The summed E-state index contributed by atoms with van der Waals surface area (Å²) in [6, 6.07) is -3.09. The van der Waals surface area contributed by atoms with E-state index in [-0.39, 0.29) is 24.5 Å². The summed E-state index contributed by atoms with van der Waals surface area (Å²) in [7, 11) is 0. The van der Waals surface area contributed by atoms with Crippen molar-refractivity contribution in [1.82, 2.24) is 10.6 Å². The third kappa shape index (κ3) is 8.73. The largest absolute Gasteiger partial charge is 0.480 e. The minimum Gasteiger partial charge on any atom is -0.480 e. The number of carboxylic acids is 1. The highest BCUT2D eigenvalue weighted by molar-refractivity contribution is 7.80. The van der Waals surface area contributed by atoms with Crippen LogP contribution in [-0.4, -0.2) is 52.7 Å². The number of carbonyl (C=O) groups is 4. The molecule has 0 heterocycles. The van der Waals surface area contributed by atoms with Crippen molar-refractivity contribution < 1.29 is 24.3 Å². The van der Waals surface area contributed by atoms with Crippen LogP contribution in [0.4, 0.5) is 0 Å². The van der Waals surface area contributed by atoms with Crippen LogP contribution in [-0.2, 0) is 19.2 Å². The van der Waals surface area contributed by atoms with E-state index < -0.39 is 41.8 Å². The molecule has 3 amide bonds. The van der Waals surface area contributed by atoms with Gasteiger partial charge in [-0.2, -0.15) is 12.6 Å². The SMILES string of the molecule is CC(C)CC(N)C(=O)NC(CS)C(=O)NC(CCC(N)=O)C(=O)O. The van der Waals surface area contributed by atoms with Crippen LogP contribution in [0, 0.1) is 5.92 Å². The number of nitrogens with two attached hydrogens (primary N) is 2. The molecule has 0 aromatic heterocycles. The lowest BCUT2D eigenvalue weighted by Gasteiger charge is -2.22. The maximum Gasteiger partial charge on any atom is 0.326 e. The van der Waals surface area contributed by atoms with Gasteiger partial charge in [0.25, 0.3) is 0 Å². The van der Waals surface area contributed by atoms with Crippen LogP contribution >= 0.6 is 12.6 Å². The van der Waals surface area contributed by atoms with Crippen LogP contribution in [0.2, 0.25) is 0 Å². The number of nitrogens with one attached hydrogen (secondary N) is 2. The fourth-order valence-corrected chi connectivity index (χ4v) is 2.16. The van der Waals surface area contributed by atoms with Gasteiger partial charge in [-0.25, -0.2) is 4.79 Å². The molecule has 7 N–H and O–H groups in total. The molecule has 0 fully saturated rings. The normalized spacial score (nSPS) is 14.5. The van der Waals surface area contributed by atoms with Gasteiger partial charge in [0.1, 0.15) is 12.1 Å². The lowest BCUT2D eigenvalue weighted by atomic mass is 10.0. The zero-order valence-electron chi connectivity index (χ0n) is 13.8. The highest BCUT2D eigenvalue weighted by Crippen LogP contribution is 2.04. The molecule has 24 heavy (non-hydrogen) atoms. The van der Waals surface area contributed by atoms with Crippen LogP contribution in [0.25, 0.3) is 0 Å². The molecule has 0 aliphatic rings. The number of carbonyl (C=O) groups excluding carboxylic acids is 3. The molecule has 0 radical (unpaired) electrons. The Labute approximate surface area is 146 Å². The van der Waals surface area contributed by atoms with E-state index in [0.717, 1.165) is 0 Å². The molecule has 3 atom stereocenters. The zero-order chi connectivity index (χ0) is 18.9. The molecule has 0 bridgehead atoms. The van der Waals surface area contributed by atoms with Gasteiger partial charge in [-0.05, 0) is 18.8 Å². The van der Waals surface area contributed by atoms with E-state index in [4.69, 9.17) is 16.6 Å². The first-order chi connectivity index (χ1) is 11.1. The summed E-state index contributed by atoms with van der Waals surface area (Å²) in [5, 5.41) is 13.8. The van der Waals surface area contributed by atoms with E-state index in [9.17, 15) is 19.2 Å². The van der Waals surface area contributed by atoms with Crippen LogP contribution in [0.5, 0.6) is 0 Å². The number of carboxylic acid groups (broad SMARTS) is 1. The fraction of sp³-hybridized carbons (Fsp3) is 0.714. The van der Waals surface area contributed by atoms with Gasteiger partial charge in [-0.3, -0.25) is 14.4 Å². The summed E-state index contributed by atoms with van der Waals surface area (Å²) in [6.45, 7) is 3.82. The van der Waals surface area contributed by atoms with E-state index in [0.29, 0.717) is 6.42 Å². The van der Waals surface area contributed by atoms with Gasteiger partial charge in [-0.15, -0.1) is 0 Å². The van der Waals surface area contributed by atoms with Gasteiger partial charge in [0.2, 0.25) is 17.7 Å². The Kier molecular flexibility index (Phi) is 10.0. The van der Waals surface area contributed by atoms with Crippen LogP contribution < -0.4 is 22.1 Å². The molecule has 0 aromatic rings. The summed E-state index contributed by atoms with van der Waals surface area (Å²) >= 11 is 3.99. The minimum absolute atomic E-state index is 0.0336. The topological polar surface area (TPSA) is 165 Å². The maximum atomic E-state index is 12.1. The number of hydrogen-bond donors (Lipinski definition) is 6. The average Bonchev–Trinajstić information content (AvgIpc) is 2.47. The number of primary amides is 1. The molecule has 0 aliphatic heterocycles. The smallest absolute Gasteiger partial charge is 0.326 e. The maximum absolute atomic E-state index is 12.1. The van der Waals surface area contributed by atoms with E-state index in [1.165, 1.54) is 0 Å². The van der Waals surface area contributed by atoms with E-state index >= 15 is 0 Å². The van der Waals surface area contributed by atoms with Crippen molar-refractivity contribution in [2.45, 2.75) is 51.2 Å². The molecular weight excluding hydrogens is 336 g/mol.